The van der Waals surface area contributed by atoms with Crippen molar-refractivity contribution in [3.8, 4) is 0 Å². The topological polar surface area (TPSA) is 41.1 Å². The first-order valence-corrected chi connectivity index (χ1v) is 7.81. The monoisotopic (exact) mass is 332 g/mol. The summed E-state index contributed by atoms with van der Waals surface area (Å²) in [6.07, 6.45) is 3.11. The van der Waals surface area contributed by atoms with Crippen LogP contribution >= 0.6 is 34.8 Å². The molecule has 3 rings (SSSR count). The zero-order valence-corrected chi connectivity index (χ0v) is 13.1. The van der Waals surface area contributed by atoms with Gasteiger partial charge in [0.25, 0.3) is 0 Å². The second-order valence-corrected chi connectivity index (χ2v) is 6.83. The Bertz CT molecular complexity index is 556. The Morgan fingerprint density at radius 3 is 2.50 bits per heavy atom. The molecule has 1 aromatic carbocycles. The first-order chi connectivity index (χ1) is 9.52. The van der Waals surface area contributed by atoms with Crippen LogP contribution in [0.1, 0.15) is 19.3 Å². The molecule has 1 atom stereocenters. The van der Waals surface area contributed by atoms with Crippen molar-refractivity contribution < 1.29 is 4.79 Å². The molecule has 6 heteroatoms. The van der Waals surface area contributed by atoms with Crippen molar-refractivity contribution >= 4 is 46.4 Å². The number of anilines is 1. The highest BCUT2D eigenvalue weighted by Gasteiger charge is 2.57. The summed E-state index contributed by atoms with van der Waals surface area (Å²) in [6.45, 7) is 1.99. The summed E-state index contributed by atoms with van der Waals surface area (Å²) in [5, 5.41) is 7.39. The van der Waals surface area contributed by atoms with Gasteiger partial charge in [-0.05, 0) is 49.9 Å². The third kappa shape index (κ3) is 2.64. The number of halogens is 3. The fourth-order valence-corrected chi connectivity index (χ4v) is 3.63. The smallest absolute Gasteiger partial charge is 0.228 e. The highest BCUT2D eigenvalue weighted by molar-refractivity contribution is 6.44. The van der Waals surface area contributed by atoms with Gasteiger partial charge in [0.05, 0.1) is 20.8 Å². The van der Waals surface area contributed by atoms with E-state index in [1.54, 1.807) is 12.1 Å². The van der Waals surface area contributed by atoms with Gasteiger partial charge in [-0.2, -0.15) is 0 Å². The molecule has 0 radical (unpaired) electrons. The van der Waals surface area contributed by atoms with Crippen LogP contribution in [0.4, 0.5) is 5.69 Å². The molecule has 2 N–H and O–H groups in total. The van der Waals surface area contributed by atoms with Crippen LogP contribution in [0.5, 0.6) is 0 Å². The Labute approximate surface area is 133 Å². The molecule has 1 saturated carbocycles. The normalized spacial score (nSPS) is 23.6. The van der Waals surface area contributed by atoms with Crippen molar-refractivity contribution in [2.24, 2.45) is 11.3 Å². The number of amides is 1. The van der Waals surface area contributed by atoms with E-state index < -0.39 is 0 Å². The van der Waals surface area contributed by atoms with Crippen LogP contribution < -0.4 is 10.6 Å². The molecule has 1 aliphatic carbocycles. The molecular formula is C14H15Cl3N2O. The minimum Gasteiger partial charge on any atom is -0.324 e. The highest BCUT2D eigenvalue weighted by Crippen LogP contribution is 2.58. The lowest BCUT2D eigenvalue weighted by atomic mass is 9.92. The van der Waals surface area contributed by atoms with Crippen LogP contribution in [0.15, 0.2) is 12.1 Å². The van der Waals surface area contributed by atoms with Crippen LogP contribution in [-0.2, 0) is 4.79 Å². The van der Waals surface area contributed by atoms with Crippen LogP contribution in [0.3, 0.4) is 0 Å². The average molecular weight is 334 g/mol. The minimum atomic E-state index is 0.0344. The van der Waals surface area contributed by atoms with E-state index in [9.17, 15) is 4.79 Å². The summed E-state index contributed by atoms with van der Waals surface area (Å²) in [7, 11) is 0. The van der Waals surface area contributed by atoms with Gasteiger partial charge in [-0.1, -0.05) is 34.8 Å². The van der Waals surface area contributed by atoms with Crippen molar-refractivity contribution in [2.45, 2.75) is 19.3 Å². The number of carbonyl (C=O) groups excluding carboxylic acids is 1. The fraction of sp³-hybridized carbons (Fsp3) is 0.500. The van der Waals surface area contributed by atoms with Crippen molar-refractivity contribution in [3.05, 3.63) is 27.2 Å². The first-order valence-electron chi connectivity index (χ1n) is 6.68. The maximum absolute atomic E-state index is 12.3. The predicted octanol–water partition coefficient (Wildman–Crippen LogP) is 3.98. The molecule has 1 saturated heterocycles. The van der Waals surface area contributed by atoms with Gasteiger partial charge in [-0.3, -0.25) is 4.79 Å². The van der Waals surface area contributed by atoms with Gasteiger partial charge in [0.2, 0.25) is 5.91 Å². The van der Waals surface area contributed by atoms with E-state index in [2.05, 4.69) is 10.6 Å². The summed E-state index contributed by atoms with van der Waals surface area (Å²) in [5.41, 5.74) is 0.736. The zero-order valence-electron chi connectivity index (χ0n) is 10.8. The maximum Gasteiger partial charge on any atom is 0.228 e. The molecule has 1 aliphatic heterocycles. The summed E-state index contributed by atoms with van der Waals surface area (Å²) >= 11 is 17.9. The Balaban J connectivity index is 1.70. The van der Waals surface area contributed by atoms with Crippen molar-refractivity contribution in [2.75, 3.05) is 18.4 Å². The standard InChI is InChI=1S/C14H15Cl3N2O/c15-9-5-11(17)12(6-10(9)16)19-13(20)8-7-14(8)1-3-18-4-2-14/h5-6,8,18H,1-4,7H2,(H,19,20). The van der Waals surface area contributed by atoms with E-state index >= 15 is 0 Å². The largest absolute Gasteiger partial charge is 0.324 e. The summed E-state index contributed by atoms with van der Waals surface area (Å²) in [6, 6.07) is 3.15. The molecular weight excluding hydrogens is 319 g/mol. The van der Waals surface area contributed by atoms with Gasteiger partial charge < -0.3 is 10.6 Å². The molecule has 2 aliphatic rings. The van der Waals surface area contributed by atoms with Crippen molar-refractivity contribution in [1.82, 2.24) is 5.32 Å². The van der Waals surface area contributed by atoms with Gasteiger partial charge >= 0.3 is 0 Å². The number of carbonyl (C=O) groups is 1. The van der Waals surface area contributed by atoms with Crippen LogP contribution in [0.25, 0.3) is 0 Å². The molecule has 1 unspecified atom stereocenters. The van der Waals surface area contributed by atoms with Gasteiger partial charge in [0, 0.05) is 5.92 Å². The van der Waals surface area contributed by atoms with Crippen LogP contribution in [0.2, 0.25) is 15.1 Å². The molecule has 0 bridgehead atoms. The SMILES string of the molecule is O=C(Nc1cc(Cl)c(Cl)cc1Cl)C1CC12CCNCC2. The number of nitrogens with one attached hydrogen (secondary N) is 2. The quantitative estimate of drug-likeness (QED) is 0.804. The second-order valence-electron chi connectivity index (χ2n) is 5.60. The van der Waals surface area contributed by atoms with Crippen LogP contribution in [-0.4, -0.2) is 19.0 Å². The number of hydrogen-bond acceptors (Lipinski definition) is 2. The number of rotatable bonds is 2. The Kier molecular flexibility index (Phi) is 3.89. The molecule has 20 heavy (non-hydrogen) atoms. The second kappa shape index (κ2) is 5.38. The molecule has 1 aromatic rings. The lowest BCUT2D eigenvalue weighted by molar-refractivity contribution is -0.118. The predicted molar refractivity (Wildman–Crippen MR) is 82.7 cm³/mol. The number of benzene rings is 1. The van der Waals surface area contributed by atoms with Gasteiger partial charge in [0.15, 0.2) is 0 Å². The molecule has 3 nitrogen and oxygen atoms in total. The molecule has 2 fully saturated rings. The maximum atomic E-state index is 12.3. The number of piperidine rings is 1. The Hall–Kier alpha value is -0.480. The summed E-state index contributed by atoms with van der Waals surface area (Å²) in [5.74, 6) is 0.127. The van der Waals surface area contributed by atoms with Gasteiger partial charge in [0.1, 0.15) is 0 Å². The summed E-state index contributed by atoms with van der Waals surface area (Å²) in [4.78, 5) is 12.3. The van der Waals surface area contributed by atoms with E-state index in [-0.39, 0.29) is 17.2 Å². The average Bonchev–Trinajstić information content (AvgIpc) is 3.10. The van der Waals surface area contributed by atoms with Gasteiger partial charge in [-0.15, -0.1) is 0 Å². The fourth-order valence-electron chi connectivity index (χ4n) is 3.03. The third-order valence-corrected chi connectivity index (χ3v) is 5.41. The Morgan fingerprint density at radius 1 is 1.15 bits per heavy atom. The van der Waals surface area contributed by atoms with Gasteiger partial charge in [-0.25, -0.2) is 0 Å². The van der Waals surface area contributed by atoms with E-state index in [1.807, 2.05) is 0 Å². The first kappa shape index (κ1) is 14.5. The van der Waals surface area contributed by atoms with E-state index in [0.29, 0.717) is 20.8 Å². The summed E-state index contributed by atoms with van der Waals surface area (Å²) < 4.78 is 0. The van der Waals surface area contributed by atoms with E-state index in [1.165, 1.54) is 0 Å². The molecule has 1 spiro atoms. The highest BCUT2D eigenvalue weighted by atomic mass is 35.5. The molecule has 1 amide bonds. The minimum absolute atomic E-state index is 0.0344. The van der Waals surface area contributed by atoms with E-state index in [0.717, 1.165) is 32.4 Å². The van der Waals surface area contributed by atoms with Crippen LogP contribution in [0, 0.1) is 11.3 Å². The van der Waals surface area contributed by atoms with Crippen molar-refractivity contribution in [1.29, 1.82) is 0 Å². The third-order valence-electron chi connectivity index (χ3n) is 4.37. The molecule has 1 heterocycles. The lowest BCUT2D eigenvalue weighted by Gasteiger charge is -2.23. The molecule has 0 aromatic heterocycles. The Morgan fingerprint density at radius 2 is 1.80 bits per heavy atom. The van der Waals surface area contributed by atoms with Crippen molar-refractivity contribution in [3.63, 3.8) is 0 Å². The number of hydrogen-bond donors (Lipinski definition) is 2. The molecule has 108 valence electrons. The zero-order chi connectivity index (χ0) is 14.3. The van der Waals surface area contributed by atoms with E-state index in [4.69, 9.17) is 34.8 Å². The lowest BCUT2D eigenvalue weighted by Crippen LogP contribution is -2.31.